The molecule has 0 nitrogen and oxygen atoms in total. The third kappa shape index (κ3) is 0. The summed E-state index contributed by atoms with van der Waals surface area (Å²) in [4.78, 5) is 0. The summed E-state index contributed by atoms with van der Waals surface area (Å²) in [5, 5.41) is 0. The van der Waals surface area contributed by atoms with Crippen LogP contribution in [-0.4, -0.2) is 0 Å². The van der Waals surface area contributed by atoms with E-state index in [2.05, 4.69) is 41.5 Å². The van der Waals surface area contributed by atoms with Crippen LogP contribution < -0.4 is 0 Å². The van der Waals surface area contributed by atoms with Crippen LogP contribution in [0.2, 0.25) is 0 Å². The van der Waals surface area contributed by atoms with Crippen molar-refractivity contribution in [3.05, 3.63) is 0 Å². The molecule has 0 aliphatic rings. The van der Waals surface area contributed by atoms with Crippen LogP contribution in [-0.2, 0) is 0 Å². The molecule has 0 aromatic heterocycles. The first-order chi connectivity index (χ1) is 4.24. The van der Waals surface area contributed by atoms with Gasteiger partial charge in [0.15, 0.2) is 0 Å². The summed E-state index contributed by atoms with van der Waals surface area (Å²) in [6, 6.07) is 0. The van der Waals surface area contributed by atoms with Crippen LogP contribution in [0.25, 0.3) is 0 Å². The van der Waals surface area contributed by atoms with E-state index in [-0.39, 0.29) is 59.4 Å². The summed E-state index contributed by atoms with van der Waals surface area (Å²) >= 11 is 0. The fourth-order valence-corrected chi connectivity index (χ4v) is 0. The zero-order valence-electron chi connectivity index (χ0n) is 8.12. The van der Waals surface area contributed by atoms with Gasteiger partial charge in [0.1, 0.15) is 0 Å². The van der Waals surface area contributed by atoms with Gasteiger partial charge in [0.05, 0.1) is 0 Å². The van der Waals surface area contributed by atoms with E-state index in [1.807, 2.05) is 0 Å². The Morgan fingerprint density at radius 3 is 0.294 bits per heavy atom. The highest BCUT2D eigenvalue weighted by Crippen LogP contribution is 1.56. The Bertz CT molecular complexity index is 4.75. The van der Waals surface area contributed by atoms with E-state index in [1.54, 1.807) is 0 Å². The Morgan fingerprint density at radius 2 is 0.294 bits per heavy atom. The number of rotatable bonds is 0. The molecule has 0 N–H and O–H groups in total. The second-order valence-corrected chi connectivity index (χ2v) is 2.12. The van der Waals surface area contributed by atoms with Crippen LogP contribution in [0.5, 0.6) is 0 Å². The summed E-state index contributed by atoms with van der Waals surface area (Å²) < 4.78 is 0. The van der Waals surface area contributed by atoms with Gasteiger partial charge in [-0.15, -0.1) is 0 Å². The summed E-state index contributed by atoms with van der Waals surface area (Å²) in [5.41, 5.74) is 0. The SMILES string of the molecule is C.C.C.C.C.C.C.C.CCC.CCC.CCC. The Labute approximate surface area is 121 Å². The molecule has 0 heteroatoms. The highest BCUT2D eigenvalue weighted by Gasteiger charge is 1.36. The van der Waals surface area contributed by atoms with Crippen LogP contribution in [0.1, 0.15) is 120 Å². The zero-order valence-corrected chi connectivity index (χ0v) is 8.12. The van der Waals surface area contributed by atoms with E-state index >= 15 is 0 Å². The first kappa shape index (κ1) is 121. The lowest BCUT2D eigenvalue weighted by molar-refractivity contribution is 1.09. The average Bonchev–Trinajstić information content (AvgIpc) is 1.70. The first-order valence-corrected chi connectivity index (χ1v) is 4.24. The molecule has 0 atom stereocenters. The van der Waals surface area contributed by atoms with E-state index in [9.17, 15) is 0 Å². The maximum absolute atomic E-state index is 2.12. The van der Waals surface area contributed by atoms with Crippen LogP contribution in [0.4, 0.5) is 0 Å². The minimum absolute atomic E-state index is 0. The van der Waals surface area contributed by atoms with Crippen LogP contribution in [0.3, 0.4) is 0 Å². The lowest BCUT2D eigenvalue weighted by Crippen LogP contribution is -1.27. The smallest absolute Gasteiger partial charge is 0.0590 e. The van der Waals surface area contributed by atoms with Gasteiger partial charge >= 0.3 is 0 Å². The minimum atomic E-state index is 0. The molecule has 0 fully saturated rings. The van der Waals surface area contributed by atoms with E-state index in [0.29, 0.717) is 0 Å². The van der Waals surface area contributed by atoms with Crippen molar-refractivity contribution >= 4 is 0 Å². The van der Waals surface area contributed by atoms with Crippen molar-refractivity contribution in [2.45, 2.75) is 120 Å². The molecule has 124 valence electrons. The van der Waals surface area contributed by atoms with Crippen molar-refractivity contribution in [3.63, 3.8) is 0 Å². The second-order valence-electron chi connectivity index (χ2n) is 2.12. The molecule has 0 heterocycles. The van der Waals surface area contributed by atoms with E-state index in [4.69, 9.17) is 0 Å². The van der Waals surface area contributed by atoms with Gasteiger partial charge in [0.2, 0.25) is 0 Å². The Hall–Kier alpha value is 0. The summed E-state index contributed by atoms with van der Waals surface area (Å²) in [5.74, 6) is 0. The van der Waals surface area contributed by atoms with Gasteiger partial charge in [-0.3, -0.25) is 0 Å². The van der Waals surface area contributed by atoms with E-state index in [0.717, 1.165) is 0 Å². The van der Waals surface area contributed by atoms with Crippen LogP contribution >= 0.6 is 0 Å². The molecule has 0 aromatic rings. The monoisotopic (exact) mass is 260 g/mol. The largest absolute Gasteiger partial charge is 0.0776 e. The van der Waals surface area contributed by atoms with Crippen molar-refractivity contribution < 1.29 is 0 Å². The molecule has 0 spiro atoms. The van der Waals surface area contributed by atoms with Crippen molar-refractivity contribution in [1.82, 2.24) is 0 Å². The molecule has 0 aromatic carbocycles. The van der Waals surface area contributed by atoms with Gasteiger partial charge in [-0.25, -0.2) is 0 Å². The molecule has 0 amide bonds. The third-order valence-corrected chi connectivity index (χ3v) is 0. The van der Waals surface area contributed by atoms with Crippen molar-refractivity contribution in [1.29, 1.82) is 0 Å². The van der Waals surface area contributed by atoms with Gasteiger partial charge in [-0.1, -0.05) is 120 Å². The zero-order chi connectivity index (χ0) is 8.12. The standard InChI is InChI=1S/3C3H8.8CH4/c3*1-3-2;;;;;;;;/h3*3H2,1-2H3;8*1H4. The summed E-state index contributed by atoms with van der Waals surface area (Å²) in [7, 11) is 0. The number of hydrogen-bond donors (Lipinski definition) is 0. The molecule has 0 saturated carbocycles. The summed E-state index contributed by atoms with van der Waals surface area (Å²) in [6.45, 7) is 12.8. The topological polar surface area (TPSA) is 0 Å². The maximum atomic E-state index is 2.12. The molecule has 0 rings (SSSR count). The maximum Gasteiger partial charge on any atom is -0.0590 e. The quantitative estimate of drug-likeness (QED) is 0.407. The third-order valence-electron chi connectivity index (χ3n) is 0. The normalized spacial score (nSPS) is 3.18. The van der Waals surface area contributed by atoms with Crippen molar-refractivity contribution in [3.8, 4) is 0 Å². The molecular formula is C17H56. The van der Waals surface area contributed by atoms with Gasteiger partial charge in [0.25, 0.3) is 0 Å². The lowest BCUT2D eigenvalue weighted by atomic mass is 10.6. The van der Waals surface area contributed by atoms with Crippen LogP contribution in [0.15, 0.2) is 0 Å². The Morgan fingerprint density at radius 1 is 0.294 bits per heavy atom. The molecule has 17 heavy (non-hydrogen) atoms. The molecular weight excluding hydrogens is 204 g/mol. The number of hydrogen-bond acceptors (Lipinski definition) is 0. The fraction of sp³-hybridized carbons (Fsp3) is 1.00. The predicted molar refractivity (Wildman–Crippen MR) is 102 cm³/mol. The lowest BCUT2D eigenvalue weighted by Gasteiger charge is -1.48. The predicted octanol–water partition coefficient (Wildman–Crippen LogP) is 9.34. The Balaban J connectivity index is -0.00000000286. The van der Waals surface area contributed by atoms with Gasteiger partial charge in [-0.05, 0) is 0 Å². The molecule has 0 radical (unpaired) electrons. The summed E-state index contributed by atoms with van der Waals surface area (Å²) in [6.07, 6.45) is 3.75. The van der Waals surface area contributed by atoms with E-state index < -0.39 is 0 Å². The molecule has 0 unspecified atom stereocenters. The minimum Gasteiger partial charge on any atom is -0.0776 e. The van der Waals surface area contributed by atoms with Gasteiger partial charge < -0.3 is 0 Å². The second kappa shape index (κ2) is 400. The molecule has 0 bridgehead atoms. The van der Waals surface area contributed by atoms with Gasteiger partial charge in [0, 0.05) is 0 Å². The molecule has 0 saturated heterocycles. The highest BCUT2D eigenvalue weighted by atomic mass is 13.4. The average molecular weight is 261 g/mol. The Kier molecular flexibility index (Phi) is 2840. The van der Waals surface area contributed by atoms with Crippen molar-refractivity contribution in [2.75, 3.05) is 0 Å². The van der Waals surface area contributed by atoms with E-state index in [1.165, 1.54) is 19.3 Å². The van der Waals surface area contributed by atoms with Crippen molar-refractivity contribution in [2.24, 2.45) is 0 Å². The molecule has 0 aliphatic carbocycles. The highest BCUT2D eigenvalue weighted by molar-refractivity contribution is 3.92. The van der Waals surface area contributed by atoms with Gasteiger partial charge in [-0.2, -0.15) is 0 Å². The first-order valence-electron chi connectivity index (χ1n) is 4.24. The fourth-order valence-electron chi connectivity index (χ4n) is 0. The van der Waals surface area contributed by atoms with Crippen LogP contribution in [0, 0.1) is 0 Å². The molecule has 0 aliphatic heterocycles.